The fourth-order valence-electron chi connectivity index (χ4n) is 3.11. The van der Waals surface area contributed by atoms with Crippen LogP contribution < -0.4 is 4.90 Å². The average molecular weight is 354 g/mol. The molecule has 0 bridgehead atoms. The van der Waals surface area contributed by atoms with Crippen LogP contribution in [0.3, 0.4) is 0 Å². The number of likely N-dealkylation sites (tertiary alicyclic amines) is 1. The molecule has 3 rings (SSSR count). The minimum Gasteiger partial charge on any atom is -0.340 e. The molecule has 6 nitrogen and oxygen atoms in total. The number of nitrogens with one attached hydrogen (secondary N) is 1. The lowest BCUT2D eigenvalue weighted by molar-refractivity contribution is -0.141. The number of likely N-dealkylation sites (N-methyl/N-ethyl adjacent to an activating group) is 1. The van der Waals surface area contributed by atoms with E-state index in [0.717, 1.165) is 56.0 Å². The van der Waals surface area contributed by atoms with Crippen LogP contribution in [0.25, 0.3) is 0 Å². The second kappa shape index (κ2) is 6.99. The highest BCUT2D eigenvalue weighted by molar-refractivity contribution is 5.32. The molecule has 2 aromatic heterocycles. The highest BCUT2D eigenvalue weighted by atomic mass is 19.4. The van der Waals surface area contributed by atoms with Crippen molar-refractivity contribution >= 4 is 5.95 Å². The topological polar surface area (TPSA) is 60.9 Å². The summed E-state index contributed by atoms with van der Waals surface area (Å²) in [7, 11) is 1.76. The highest BCUT2D eigenvalue weighted by Crippen LogP contribution is 2.29. The first-order valence-corrected chi connectivity index (χ1v) is 8.19. The van der Waals surface area contributed by atoms with Crippen LogP contribution in [0, 0.1) is 6.92 Å². The number of rotatable bonds is 4. The van der Waals surface area contributed by atoms with Gasteiger partial charge in [0.15, 0.2) is 0 Å². The lowest BCUT2D eigenvalue weighted by Crippen LogP contribution is -2.46. The molecule has 0 saturated carbocycles. The minimum absolute atomic E-state index is 0.0736. The molecule has 2 aromatic rings. The second-order valence-corrected chi connectivity index (χ2v) is 6.40. The van der Waals surface area contributed by atoms with Crippen LogP contribution in [0.5, 0.6) is 0 Å². The molecule has 1 aliphatic rings. The molecule has 0 spiro atoms. The summed E-state index contributed by atoms with van der Waals surface area (Å²) in [5.41, 5.74) is 1.27. The van der Waals surface area contributed by atoms with E-state index in [1.165, 1.54) is 0 Å². The summed E-state index contributed by atoms with van der Waals surface area (Å²) >= 11 is 0. The predicted molar refractivity (Wildman–Crippen MR) is 87.1 cm³/mol. The van der Waals surface area contributed by atoms with Crippen LogP contribution in [-0.2, 0) is 12.7 Å². The molecule has 25 heavy (non-hydrogen) atoms. The zero-order valence-corrected chi connectivity index (χ0v) is 14.2. The first-order valence-electron chi connectivity index (χ1n) is 8.19. The van der Waals surface area contributed by atoms with Gasteiger partial charge in [0, 0.05) is 43.6 Å². The third-order valence-corrected chi connectivity index (χ3v) is 4.61. The summed E-state index contributed by atoms with van der Waals surface area (Å²) < 4.78 is 38.6. The summed E-state index contributed by atoms with van der Waals surface area (Å²) in [6, 6.07) is 0.969. The summed E-state index contributed by atoms with van der Waals surface area (Å²) in [5, 5.41) is 6.96. The van der Waals surface area contributed by atoms with Crippen LogP contribution in [0.4, 0.5) is 19.1 Å². The fourth-order valence-corrected chi connectivity index (χ4v) is 3.11. The summed E-state index contributed by atoms with van der Waals surface area (Å²) in [5.74, 6) is 0.112. The van der Waals surface area contributed by atoms with Crippen LogP contribution in [0.1, 0.15) is 29.8 Å². The Morgan fingerprint density at radius 3 is 2.88 bits per heavy atom. The maximum Gasteiger partial charge on any atom is 0.433 e. The Hall–Kier alpha value is -2.16. The van der Waals surface area contributed by atoms with E-state index in [1.807, 2.05) is 13.1 Å². The molecule has 0 amide bonds. The van der Waals surface area contributed by atoms with Crippen molar-refractivity contribution in [1.29, 1.82) is 0 Å². The fraction of sp³-hybridized carbons (Fsp3) is 0.562. The van der Waals surface area contributed by atoms with Crippen molar-refractivity contribution in [2.45, 2.75) is 38.5 Å². The van der Waals surface area contributed by atoms with Crippen molar-refractivity contribution in [1.82, 2.24) is 25.1 Å². The normalized spacial score (nSPS) is 19.2. The van der Waals surface area contributed by atoms with E-state index in [0.29, 0.717) is 0 Å². The molecule has 0 aliphatic carbocycles. The molecular formula is C16H21F3N6. The minimum atomic E-state index is -4.46. The number of hydrogen-bond acceptors (Lipinski definition) is 5. The van der Waals surface area contributed by atoms with Crippen LogP contribution in [-0.4, -0.2) is 51.2 Å². The Morgan fingerprint density at radius 2 is 2.20 bits per heavy atom. The zero-order chi connectivity index (χ0) is 18.0. The van der Waals surface area contributed by atoms with E-state index in [9.17, 15) is 13.2 Å². The Balaban J connectivity index is 1.69. The molecule has 3 heterocycles. The van der Waals surface area contributed by atoms with Crippen molar-refractivity contribution in [3.05, 3.63) is 35.4 Å². The number of aromatic amines is 1. The molecule has 136 valence electrons. The first-order chi connectivity index (χ1) is 11.8. The quantitative estimate of drug-likeness (QED) is 0.915. The third kappa shape index (κ3) is 4.09. The molecular weight excluding hydrogens is 333 g/mol. The van der Waals surface area contributed by atoms with E-state index in [-0.39, 0.29) is 12.0 Å². The van der Waals surface area contributed by atoms with Crippen molar-refractivity contribution < 1.29 is 13.2 Å². The SMILES string of the molecule is Cc1[nH]ncc1CN1CCCC(N(C)c2nccc(C(F)(F)F)n2)C1. The third-order valence-electron chi connectivity index (χ3n) is 4.61. The van der Waals surface area contributed by atoms with Crippen LogP contribution in [0.2, 0.25) is 0 Å². The van der Waals surface area contributed by atoms with Gasteiger partial charge in [0.25, 0.3) is 0 Å². The number of nitrogens with zero attached hydrogens (tertiary/aromatic N) is 5. The van der Waals surface area contributed by atoms with Crippen molar-refractivity contribution in [3.63, 3.8) is 0 Å². The summed E-state index contributed by atoms with van der Waals surface area (Å²) in [6.07, 6.45) is 0.396. The summed E-state index contributed by atoms with van der Waals surface area (Å²) in [4.78, 5) is 11.8. The van der Waals surface area contributed by atoms with Gasteiger partial charge in [0.2, 0.25) is 5.95 Å². The number of alkyl halides is 3. The van der Waals surface area contributed by atoms with Gasteiger partial charge < -0.3 is 4.90 Å². The number of H-pyrrole nitrogens is 1. The number of aromatic nitrogens is 4. The molecule has 1 saturated heterocycles. The number of hydrogen-bond donors (Lipinski definition) is 1. The van der Waals surface area contributed by atoms with E-state index in [2.05, 4.69) is 25.1 Å². The summed E-state index contributed by atoms with van der Waals surface area (Å²) in [6.45, 7) is 4.46. The van der Waals surface area contributed by atoms with E-state index in [1.54, 1.807) is 11.9 Å². The van der Waals surface area contributed by atoms with Gasteiger partial charge >= 0.3 is 6.18 Å². The molecule has 1 unspecified atom stereocenters. The van der Waals surface area contributed by atoms with Gasteiger partial charge in [0.05, 0.1) is 6.20 Å². The van der Waals surface area contributed by atoms with E-state index in [4.69, 9.17) is 0 Å². The second-order valence-electron chi connectivity index (χ2n) is 6.40. The predicted octanol–water partition coefficient (Wildman–Crippen LogP) is 2.63. The molecule has 1 fully saturated rings. The molecule has 0 aromatic carbocycles. The lowest BCUT2D eigenvalue weighted by Gasteiger charge is -2.37. The first kappa shape index (κ1) is 17.7. The Labute approximate surface area is 144 Å². The van der Waals surface area contributed by atoms with Crippen molar-refractivity contribution in [2.24, 2.45) is 0 Å². The zero-order valence-electron chi connectivity index (χ0n) is 14.2. The molecule has 1 atom stereocenters. The smallest absolute Gasteiger partial charge is 0.340 e. The Bertz CT molecular complexity index is 714. The van der Waals surface area contributed by atoms with Gasteiger partial charge in [-0.1, -0.05) is 0 Å². The Morgan fingerprint density at radius 1 is 1.40 bits per heavy atom. The van der Waals surface area contributed by atoms with Gasteiger partial charge in [-0.25, -0.2) is 9.97 Å². The monoisotopic (exact) mass is 354 g/mol. The van der Waals surface area contributed by atoms with Gasteiger partial charge in [-0.15, -0.1) is 0 Å². The molecule has 1 aliphatic heterocycles. The van der Waals surface area contributed by atoms with Crippen LogP contribution >= 0.6 is 0 Å². The average Bonchev–Trinajstić information content (AvgIpc) is 2.99. The molecule has 1 N–H and O–H groups in total. The van der Waals surface area contributed by atoms with Gasteiger partial charge in [-0.3, -0.25) is 10.00 Å². The van der Waals surface area contributed by atoms with Crippen molar-refractivity contribution in [2.75, 3.05) is 25.0 Å². The lowest BCUT2D eigenvalue weighted by atomic mass is 10.0. The van der Waals surface area contributed by atoms with Crippen molar-refractivity contribution in [3.8, 4) is 0 Å². The van der Waals surface area contributed by atoms with Crippen LogP contribution in [0.15, 0.2) is 18.5 Å². The van der Waals surface area contributed by atoms with Gasteiger partial charge in [-0.05, 0) is 32.4 Å². The van der Waals surface area contributed by atoms with Gasteiger partial charge in [-0.2, -0.15) is 18.3 Å². The van der Waals surface area contributed by atoms with E-state index < -0.39 is 11.9 Å². The Kier molecular flexibility index (Phi) is 4.94. The number of aryl methyl sites for hydroxylation is 1. The standard InChI is InChI=1S/C16H21F3N6/c1-11-12(8-21-23-11)9-25-7-3-4-13(10-25)24(2)15-20-6-5-14(22-15)16(17,18)19/h5-6,8,13H,3-4,7,9-10H2,1-2H3,(H,21,23). The largest absolute Gasteiger partial charge is 0.433 e. The highest BCUT2D eigenvalue weighted by Gasteiger charge is 2.34. The van der Waals surface area contributed by atoms with E-state index >= 15 is 0 Å². The number of anilines is 1. The number of halogens is 3. The molecule has 9 heteroatoms. The maximum atomic E-state index is 12.9. The number of piperidine rings is 1. The van der Waals surface area contributed by atoms with Gasteiger partial charge in [0.1, 0.15) is 5.69 Å². The molecule has 0 radical (unpaired) electrons. The maximum absolute atomic E-state index is 12.9.